The lowest BCUT2D eigenvalue weighted by Crippen LogP contribution is -2.28. The lowest BCUT2D eigenvalue weighted by atomic mass is 9.67. The summed E-state index contributed by atoms with van der Waals surface area (Å²) < 4.78 is 2.43. The summed E-state index contributed by atoms with van der Waals surface area (Å²) in [6, 6.07) is 113. The molecule has 0 radical (unpaired) electrons. The van der Waals surface area contributed by atoms with Crippen LogP contribution in [0.3, 0.4) is 0 Å². The molecule has 0 N–H and O–H groups in total. The molecule has 0 saturated carbocycles. The van der Waals surface area contributed by atoms with E-state index >= 15 is 0 Å². The van der Waals surface area contributed by atoms with Crippen molar-refractivity contribution in [1.82, 2.24) is 4.57 Å². The minimum absolute atomic E-state index is 0.566. The molecule has 14 aromatic rings. The summed E-state index contributed by atoms with van der Waals surface area (Å²) >= 11 is 0. The van der Waals surface area contributed by atoms with Crippen LogP contribution in [0.2, 0.25) is 0 Å². The molecule has 0 amide bonds. The van der Waals surface area contributed by atoms with Crippen molar-refractivity contribution in [1.29, 1.82) is 0 Å². The van der Waals surface area contributed by atoms with Gasteiger partial charge >= 0.3 is 0 Å². The van der Waals surface area contributed by atoms with Gasteiger partial charge in [0.1, 0.15) is 0 Å². The lowest BCUT2D eigenvalue weighted by Gasteiger charge is -2.34. The summed E-state index contributed by atoms with van der Waals surface area (Å²) in [5.74, 6) is 0.566. The van der Waals surface area contributed by atoms with Gasteiger partial charge in [0.05, 0.1) is 16.4 Å². The molecular weight excluding hydrogens is 1100 g/mol. The Bertz CT molecular complexity index is 4910. The summed E-state index contributed by atoms with van der Waals surface area (Å²) in [6.07, 6.45) is 6.71. The maximum atomic E-state index is 4.00. The second-order valence-electron chi connectivity index (χ2n) is 24.5. The molecule has 0 unspecified atom stereocenters. The molecule has 91 heavy (non-hydrogen) atoms. The highest BCUT2D eigenvalue weighted by Crippen LogP contribution is 2.56. The van der Waals surface area contributed by atoms with Crippen molar-refractivity contribution in [2.24, 2.45) is 5.92 Å². The van der Waals surface area contributed by atoms with Gasteiger partial charge in [0.25, 0.3) is 0 Å². The Kier molecular flexibility index (Phi) is 14.6. The molecule has 13 aromatic carbocycles. The van der Waals surface area contributed by atoms with Gasteiger partial charge in [-0.1, -0.05) is 276 Å². The Morgan fingerprint density at radius 2 is 0.692 bits per heavy atom. The number of anilines is 3. The van der Waals surface area contributed by atoms with E-state index in [9.17, 15) is 0 Å². The highest BCUT2D eigenvalue weighted by molar-refractivity contribution is 6.09. The van der Waals surface area contributed by atoms with Crippen molar-refractivity contribution in [3.63, 3.8) is 0 Å². The number of rotatable bonds is 16. The summed E-state index contributed by atoms with van der Waals surface area (Å²) in [5.41, 5.74) is 30.0. The summed E-state index contributed by atoms with van der Waals surface area (Å²) in [4.78, 5) is 2.37. The first kappa shape index (κ1) is 56.2. The number of hydrogen-bond acceptors (Lipinski definition) is 1. The summed E-state index contributed by atoms with van der Waals surface area (Å²) in [6.45, 7) is 16.6. The average Bonchev–Trinajstić information content (AvgIpc) is 1.57. The highest BCUT2D eigenvalue weighted by Gasteiger charge is 2.46. The van der Waals surface area contributed by atoms with E-state index < -0.39 is 5.41 Å². The predicted octanol–water partition coefficient (Wildman–Crippen LogP) is 24.1. The lowest BCUT2D eigenvalue weighted by molar-refractivity contribution is 0.647. The number of nitrogens with zero attached hydrogens (tertiary/aromatic N) is 2. The van der Waals surface area contributed by atoms with Crippen LogP contribution in [0.25, 0.3) is 112 Å². The van der Waals surface area contributed by atoms with Crippen LogP contribution in [0.4, 0.5) is 17.1 Å². The Balaban J connectivity index is 0.790. The number of benzene rings is 13. The first-order valence-corrected chi connectivity index (χ1v) is 31.6. The summed E-state index contributed by atoms with van der Waals surface area (Å²) in [5, 5.41) is 2.53. The molecule has 0 saturated heterocycles. The van der Waals surface area contributed by atoms with Crippen LogP contribution in [0.5, 0.6) is 0 Å². The average molecular weight is 1170 g/mol. The molecule has 0 atom stereocenters. The van der Waals surface area contributed by atoms with Crippen molar-refractivity contribution in [3.05, 3.63) is 368 Å². The molecule has 0 aliphatic heterocycles. The molecule has 1 aromatic heterocycles. The third-order valence-electron chi connectivity index (χ3n) is 18.6. The zero-order chi connectivity index (χ0) is 61.6. The van der Waals surface area contributed by atoms with Crippen LogP contribution in [-0.2, 0) is 11.8 Å². The minimum Gasteiger partial charge on any atom is -0.311 e. The SMILES string of the molecule is C=Cc1ccc(-c2ccc(N(c3ccc(-c4ccc(C5(c6ccc(-c7cc(-c8ccc(C=C)cc8)cc(-c8ccc(C=C)cc8)c7)cc6)c6ccccc6-c6ccccc65)cc4)cc3)c3ccc(-n4c5ccccc5c5ccc(CC(C)C)cc54)cc3)cc2)cc1. The third-order valence-corrected chi connectivity index (χ3v) is 18.6. The van der Waals surface area contributed by atoms with Crippen molar-refractivity contribution in [3.8, 4) is 72.4 Å². The van der Waals surface area contributed by atoms with E-state index in [1.807, 2.05) is 18.2 Å². The fraction of sp³-hybridized carbons (Fsp3) is 0.0562. The number of hydrogen-bond donors (Lipinski definition) is 0. The van der Waals surface area contributed by atoms with Gasteiger partial charge < -0.3 is 9.47 Å². The fourth-order valence-corrected chi connectivity index (χ4v) is 14.1. The Morgan fingerprint density at radius 3 is 1.11 bits per heavy atom. The molecule has 2 heteroatoms. The quantitative estimate of drug-likeness (QED) is 0.0936. The monoisotopic (exact) mass is 1160 g/mol. The second-order valence-corrected chi connectivity index (χ2v) is 24.5. The van der Waals surface area contributed by atoms with Gasteiger partial charge in [0, 0.05) is 33.5 Å². The standard InChI is InChI=1S/C89H68N2/c1-6-61-21-28-65(29-22-61)67-38-46-77(47-39-67)90(79-50-52-80(53-51-79)91-87-20-14-11-17-83(87)84-54-27-64(55-60(4)5)56-88(84)91)78-48-40-68(41-49-78)66-34-42-75(43-35-66)89(85-18-12-9-15-81(85)82-16-10-13-19-86(82)89)76-44-36-71(37-45-76)74-58-72(69-30-23-62(7-2)24-31-69)57-73(59-74)70-32-25-63(8-3)26-33-70/h6-54,56-60H,1-3,55H2,4-5H3. The van der Waals surface area contributed by atoms with E-state index in [1.165, 1.54) is 66.3 Å². The smallest absolute Gasteiger partial charge is 0.0713 e. The van der Waals surface area contributed by atoms with E-state index in [-0.39, 0.29) is 0 Å². The molecule has 2 nitrogen and oxygen atoms in total. The van der Waals surface area contributed by atoms with E-state index in [0.717, 1.165) is 95.9 Å². The van der Waals surface area contributed by atoms with Crippen molar-refractivity contribution in [2.45, 2.75) is 25.7 Å². The van der Waals surface area contributed by atoms with Gasteiger partial charge in [-0.15, -0.1) is 0 Å². The summed E-state index contributed by atoms with van der Waals surface area (Å²) in [7, 11) is 0. The largest absolute Gasteiger partial charge is 0.311 e. The van der Waals surface area contributed by atoms with Crippen LogP contribution in [0.1, 0.15) is 58.4 Å². The normalized spacial score (nSPS) is 12.2. The third kappa shape index (κ3) is 10.2. The van der Waals surface area contributed by atoms with E-state index in [0.29, 0.717) is 5.92 Å². The van der Waals surface area contributed by atoms with Crippen LogP contribution < -0.4 is 4.90 Å². The Hall–Kier alpha value is -11.3. The Morgan fingerprint density at radius 1 is 0.341 bits per heavy atom. The van der Waals surface area contributed by atoms with Crippen LogP contribution in [-0.4, -0.2) is 4.57 Å². The van der Waals surface area contributed by atoms with Gasteiger partial charge in [0.2, 0.25) is 0 Å². The molecular formula is C89H68N2. The van der Waals surface area contributed by atoms with Gasteiger partial charge in [-0.25, -0.2) is 0 Å². The Labute approximate surface area is 535 Å². The van der Waals surface area contributed by atoms with Gasteiger partial charge in [-0.05, 0) is 202 Å². The topological polar surface area (TPSA) is 8.17 Å². The minimum atomic E-state index is -0.570. The molecule has 1 heterocycles. The van der Waals surface area contributed by atoms with Gasteiger partial charge in [-0.3, -0.25) is 0 Å². The molecule has 0 fully saturated rings. The van der Waals surface area contributed by atoms with Crippen molar-refractivity contribution >= 4 is 57.1 Å². The molecule has 434 valence electrons. The first-order valence-electron chi connectivity index (χ1n) is 31.6. The second kappa shape index (κ2) is 23.7. The number of para-hydroxylation sites is 1. The van der Waals surface area contributed by atoms with E-state index in [1.54, 1.807) is 0 Å². The van der Waals surface area contributed by atoms with Gasteiger partial charge in [0.15, 0.2) is 0 Å². The number of aromatic nitrogens is 1. The van der Waals surface area contributed by atoms with Crippen LogP contribution in [0.15, 0.2) is 323 Å². The van der Waals surface area contributed by atoms with Crippen molar-refractivity contribution in [2.75, 3.05) is 4.90 Å². The molecule has 15 rings (SSSR count). The molecule has 1 aliphatic carbocycles. The van der Waals surface area contributed by atoms with Crippen LogP contribution >= 0.6 is 0 Å². The molecule has 1 aliphatic rings. The first-order chi connectivity index (χ1) is 44.7. The molecule has 0 spiro atoms. The zero-order valence-electron chi connectivity index (χ0n) is 51.4. The van der Waals surface area contributed by atoms with E-state index in [2.05, 4.69) is 346 Å². The predicted molar refractivity (Wildman–Crippen MR) is 389 cm³/mol. The zero-order valence-corrected chi connectivity index (χ0v) is 51.4. The highest BCUT2D eigenvalue weighted by atomic mass is 15.1. The van der Waals surface area contributed by atoms with Crippen molar-refractivity contribution < 1.29 is 0 Å². The number of fused-ring (bicyclic) bond motifs is 6. The van der Waals surface area contributed by atoms with Crippen LogP contribution in [0, 0.1) is 5.92 Å². The van der Waals surface area contributed by atoms with Gasteiger partial charge in [-0.2, -0.15) is 0 Å². The molecule has 0 bridgehead atoms. The maximum absolute atomic E-state index is 4.00. The maximum Gasteiger partial charge on any atom is 0.0713 e. The van der Waals surface area contributed by atoms with E-state index in [4.69, 9.17) is 0 Å². The fourth-order valence-electron chi connectivity index (χ4n) is 14.1.